The van der Waals surface area contributed by atoms with E-state index in [0.29, 0.717) is 22.2 Å². The third-order valence-corrected chi connectivity index (χ3v) is 4.74. The van der Waals surface area contributed by atoms with Crippen molar-refractivity contribution in [3.8, 4) is 11.3 Å². The molecule has 0 saturated carbocycles. The Balaban J connectivity index is 1.58. The van der Waals surface area contributed by atoms with Crippen molar-refractivity contribution >= 4 is 46.5 Å². The molecule has 0 fully saturated rings. The second kappa shape index (κ2) is 8.25. The Morgan fingerprint density at radius 2 is 2.00 bits per heavy atom. The minimum atomic E-state index is -0.225. The van der Waals surface area contributed by atoms with Gasteiger partial charge in [0.05, 0.1) is 12.2 Å². The van der Waals surface area contributed by atoms with E-state index < -0.39 is 0 Å². The van der Waals surface area contributed by atoms with Crippen molar-refractivity contribution in [2.75, 3.05) is 0 Å². The number of benzene rings is 1. The number of aromatic nitrogens is 2. The lowest BCUT2D eigenvalue weighted by molar-refractivity contribution is -0.116. The highest BCUT2D eigenvalue weighted by atomic mass is 35.5. The van der Waals surface area contributed by atoms with Gasteiger partial charge in [-0.1, -0.05) is 23.2 Å². The van der Waals surface area contributed by atoms with Gasteiger partial charge in [0.15, 0.2) is 0 Å². The van der Waals surface area contributed by atoms with Gasteiger partial charge in [-0.15, -0.1) is 11.3 Å². The lowest BCUT2D eigenvalue weighted by atomic mass is 10.2. The summed E-state index contributed by atoms with van der Waals surface area (Å²) >= 11 is 13.5. The number of thiazole rings is 1. The average molecular weight is 390 g/mol. The van der Waals surface area contributed by atoms with Crippen LogP contribution in [0.3, 0.4) is 0 Å². The Morgan fingerprint density at radius 3 is 2.80 bits per heavy atom. The minimum Gasteiger partial charge on any atom is -0.346 e. The molecule has 0 radical (unpaired) electrons. The van der Waals surface area contributed by atoms with Gasteiger partial charge in [-0.25, -0.2) is 4.98 Å². The number of pyridine rings is 1. The second-order valence-corrected chi connectivity index (χ2v) is 6.87. The maximum Gasteiger partial charge on any atom is 0.244 e. The third-order valence-electron chi connectivity index (χ3n) is 3.31. The van der Waals surface area contributed by atoms with Crippen LogP contribution in [0.1, 0.15) is 10.6 Å². The summed E-state index contributed by atoms with van der Waals surface area (Å²) < 4.78 is 0. The smallest absolute Gasteiger partial charge is 0.244 e. The molecule has 3 rings (SSSR count). The number of carbonyl (C=O) groups excluding carboxylic acids is 1. The molecular weight excluding hydrogens is 377 g/mol. The van der Waals surface area contributed by atoms with Crippen molar-refractivity contribution in [2.45, 2.75) is 6.54 Å². The first-order valence-electron chi connectivity index (χ1n) is 7.37. The molecule has 25 heavy (non-hydrogen) atoms. The van der Waals surface area contributed by atoms with Gasteiger partial charge in [0.25, 0.3) is 0 Å². The highest BCUT2D eigenvalue weighted by Crippen LogP contribution is 2.22. The Bertz CT molecular complexity index is 910. The number of rotatable bonds is 5. The molecule has 3 aromatic rings. The highest BCUT2D eigenvalue weighted by Gasteiger charge is 2.05. The van der Waals surface area contributed by atoms with E-state index in [2.05, 4.69) is 15.3 Å². The van der Waals surface area contributed by atoms with Crippen LogP contribution in [0.25, 0.3) is 17.3 Å². The van der Waals surface area contributed by atoms with E-state index in [4.69, 9.17) is 23.2 Å². The first kappa shape index (κ1) is 17.6. The van der Waals surface area contributed by atoms with Gasteiger partial charge in [-0.3, -0.25) is 9.78 Å². The van der Waals surface area contributed by atoms with E-state index in [1.807, 2.05) is 17.5 Å². The highest BCUT2D eigenvalue weighted by molar-refractivity contribution is 7.09. The number of amides is 1. The van der Waals surface area contributed by atoms with E-state index in [-0.39, 0.29) is 5.91 Å². The molecule has 0 aliphatic heterocycles. The van der Waals surface area contributed by atoms with Gasteiger partial charge >= 0.3 is 0 Å². The van der Waals surface area contributed by atoms with Crippen LogP contribution in [0.5, 0.6) is 0 Å². The van der Waals surface area contributed by atoms with Gasteiger partial charge < -0.3 is 5.32 Å². The molecule has 4 nitrogen and oxygen atoms in total. The summed E-state index contributed by atoms with van der Waals surface area (Å²) in [4.78, 5) is 20.5. The fourth-order valence-corrected chi connectivity index (χ4v) is 3.18. The molecule has 1 N–H and O–H groups in total. The minimum absolute atomic E-state index is 0.225. The molecule has 0 saturated heterocycles. The van der Waals surface area contributed by atoms with Crippen molar-refractivity contribution < 1.29 is 4.79 Å². The summed E-state index contributed by atoms with van der Waals surface area (Å²) in [5.74, 6) is -0.225. The largest absolute Gasteiger partial charge is 0.346 e. The first-order valence-corrected chi connectivity index (χ1v) is 9.01. The Kier molecular flexibility index (Phi) is 5.81. The Labute approximate surface area is 159 Å². The van der Waals surface area contributed by atoms with Gasteiger partial charge in [0, 0.05) is 39.5 Å². The number of hydrogen-bond acceptors (Lipinski definition) is 4. The molecule has 0 spiro atoms. The molecule has 2 heterocycles. The maximum absolute atomic E-state index is 12.0. The van der Waals surface area contributed by atoms with Crippen molar-refractivity contribution in [2.24, 2.45) is 0 Å². The molecule has 0 bridgehead atoms. The predicted octanol–water partition coefficient (Wildman–Crippen LogP) is 4.84. The van der Waals surface area contributed by atoms with Crippen LogP contribution in [0.15, 0.2) is 54.2 Å². The maximum atomic E-state index is 12.0. The number of nitrogens with one attached hydrogen (secondary N) is 1. The summed E-state index contributed by atoms with van der Waals surface area (Å²) in [5, 5.41) is 6.69. The number of halogens is 2. The molecule has 126 valence electrons. The molecule has 0 unspecified atom stereocenters. The quantitative estimate of drug-likeness (QED) is 0.635. The van der Waals surface area contributed by atoms with E-state index in [0.717, 1.165) is 16.3 Å². The third kappa shape index (κ3) is 4.89. The zero-order valence-corrected chi connectivity index (χ0v) is 15.3. The summed E-state index contributed by atoms with van der Waals surface area (Å²) in [6.45, 7) is 0.363. The van der Waals surface area contributed by atoms with Gasteiger partial charge in [-0.05, 0) is 42.0 Å². The number of hydrogen-bond donors (Lipinski definition) is 1. The van der Waals surface area contributed by atoms with Crippen LogP contribution in [-0.4, -0.2) is 15.9 Å². The zero-order chi connectivity index (χ0) is 17.6. The van der Waals surface area contributed by atoms with E-state index in [1.54, 1.807) is 36.7 Å². The Hall–Kier alpha value is -2.21. The molecule has 0 aliphatic carbocycles. The topological polar surface area (TPSA) is 54.9 Å². The predicted molar refractivity (Wildman–Crippen MR) is 103 cm³/mol. The van der Waals surface area contributed by atoms with Gasteiger partial charge in [-0.2, -0.15) is 0 Å². The van der Waals surface area contributed by atoms with Crippen molar-refractivity contribution in [1.82, 2.24) is 15.3 Å². The summed E-state index contributed by atoms with van der Waals surface area (Å²) in [6, 6.07) is 8.89. The molecule has 0 atom stereocenters. The normalized spacial score (nSPS) is 11.0. The number of nitrogens with zero attached hydrogens (tertiary/aromatic N) is 2. The molecule has 7 heteroatoms. The van der Waals surface area contributed by atoms with Crippen LogP contribution in [-0.2, 0) is 11.3 Å². The fraction of sp³-hybridized carbons (Fsp3) is 0.0556. The van der Waals surface area contributed by atoms with Crippen molar-refractivity contribution in [3.05, 3.63) is 74.8 Å². The van der Waals surface area contributed by atoms with Crippen LogP contribution < -0.4 is 5.32 Å². The van der Waals surface area contributed by atoms with Crippen molar-refractivity contribution in [3.63, 3.8) is 0 Å². The first-order chi connectivity index (χ1) is 12.1. The lowest BCUT2D eigenvalue weighted by Crippen LogP contribution is -2.20. The van der Waals surface area contributed by atoms with Crippen LogP contribution in [0.4, 0.5) is 0 Å². The molecule has 1 amide bonds. The SMILES string of the molecule is O=C(/C=C/c1cc(Cl)ccc1Cl)NCc1nc(-c2ccncc2)cs1. The Morgan fingerprint density at radius 1 is 1.20 bits per heavy atom. The van der Waals surface area contributed by atoms with Crippen LogP contribution in [0.2, 0.25) is 10.0 Å². The standard InChI is InChI=1S/C18H13Cl2N3OS/c19-14-2-3-15(20)13(9-14)1-4-17(24)22-10-18-23-16(11-25-18)12-5-7-21-8-6-12/h1-9,11H,10H2,(H,22,24)/b4-1+. The molecule has 1 aromatic carbocycles. The summed E-state index contributed by atoms with van der Waals surface area (Å²) in [5.41, 5.74) is 2.57. The lowest BCUT2D eigenvalue weighted by Gasteiger charge is -2.00. The van der Waals surface area contributed by atoms with E-state index in [9.17, 15) is 4.79 Å². The fourth-order valence-electron chi connectivity index (χ4n) is 2.08. The summed E-state index contributed by atoms with van der Waals surface area (Å²) in [7, 11) is 0. The molecular formula is C18H13Cl2N3OS. The van der Waals surface area contributed by atoms with Gasteiger partial charge in [0.1, 0.15) is 5.01 Å². The van der Waals surface area contributed by atoms with Crippen molar-refractivity contribution in [1.29, 1.82) is 0 Å². The van der Waals surface area contributed by atoms with Gasteiger partial charge in [0.2, 0.25) is 5.91 Å². The van der Waals surface area contributed by atoms with E-state index >= 15 is 0 Å². The molecule has 2 aromatic heterocycles. The molecule has 0 aliphatic rings. The zero-order valence-electron chi connectivity index (χ0n) is 12.9. The van der Waals surface area contributed by atoms with Crippen LogP contribution >= 0.6 is 34.5 Å². The van der Waals surface area contributed by atoms with E-state index in [1.165, 1.54) is 17.4 Å². The second-order valence-electron chi connectivity index (χ2n) is 5.08. The van der Waals surface area contributed by atoms with Crippen LogP contribution in [0, 0.1) is 0 Å². The number of carbonyl (C=O) groups is 1. The summed E-state index contributed by atoms with van der Waals surface area (Å²) in [6.07, 6.45) is 6.51. The average Bonchev–Trinajstić information content (AvgIpc) is 3.10. The monoisotopic (exact) mass is 389 g/mol.